The van der Waals surface area contributed by atoms with Gasteiger partial charge in [0, 0.05) is 65.4 Å². The Kier molecular flexibility index (Phi) is 107. The van der Waals surface area contributed by atoms with E-state index in [1.807, 2.05) is 13.8 Å². The quantitative estimate of drug-likeness (QED) is 0.499. The summed E-state index contributed by atoms with van der Waals surface area (Å²) in [5.74, 6) is 0. The third-order valence-corrected chi connectivity index (χ3v) is 0.111. The molecular formula is C6H10Y2-2. The Bertz CT molecular complexity index is 27.5. The maximum Gasteiger partial charge on any atom is 0 e. The Labute approximate surface area is 103 Å². The largest absolute Gasteiger partial charge is 0.394 e. The van der Waals surface area contributed by atoms with Crippen LogP contribution in [0, 0.1) is 13.2 Å². The van der Waals surface area contributed by atoms with Crippen molar-refractivity contribution in [1.29, 1.82) is 0 Å². The number of hydrogen-bond donors (Lipinski definition) is 0. The van der Waals surface area contributed by atoms with Crippen LogP contribution < -0.4 is 0 Å². The second-order valence-electron chi connectivity index (χ2n) is 0.385. The smallest absolute Gasteiger partial charge is 0 e. The van der Waals surface area contributed by atoms with E-state index in [9.17, 15) is 0 Å². The van der Waals surface area contributed by atoms with Gasteiger partial charge in [-0.05, 0) is 0 Å². The van der Waals surface area contributed by atoms with Crippen LogP contribution in [-0.2, 0) is 65.4 Å². The van der Waals surface area contributed by atoms with Crippen molar-refractivity contribution in [2.24, 2.45) is 0 Å². The summed E-state index contributed by atoms with van der Waals surface area (Å²) in [7, 11) is 0. The van der Waals surface area contributed by atoms with Gasteiger partial charge in [0.2, 0.25) is 0 Å². The van der Waals surface area contributed by atoms with E-state index >= 15 is 0 Å². The van der Waals surface area contributed by atoms with Crippen molar-refractivity contribution in [1.82, 2.24) is 0 Å². The fraction of sp³-hybridized carbons (Fsp3) is 0.333. The molecule has 0 aliphatic heterocycles. The summed E-state index contributed by atoms with van der Waals surface area (Å²) in [6.45, 7) is 13.4. The van der Waals surface area contributed by atoms with Crippen molar-refractivity contribution in [3.05, 3.63) is 25.3 Å². The maximum absolute atomic E-state index is 4.72. The van der Waals surface area contributed by atoms with Crippen LogP contribution in [0.15, 0.2) is 12.2 Å². The molecule has 0 spiro atoms. The average molecular weight is 260 g/mol. The zero-order chi connectivity index (χ0) is 5.41. The van der Waals surface area contributed by atoms with Gasteiger partial charge in [-0.2, -0.15) is 0 Å². The summed E-state index contributed by atoms with van der Waals surface area (Å²) < 4.78 is 0. The van der Waals surface area contributed by atoms with Gasteiger partial charge in [-0.3, -0.25) is 0 Å². The topological polar surface area (TPSA) is 0 Å². The van der Waals surface area contributed by atoms with Crippen molar-refractivity contribution < 1.29 is 65.4 Å². The van der Waals surface area contributed by atoms with Gasteiger partial charge in [0.15, 0.2) is 0 Å². The second kappa shape index (κ2) is 37.8. The van der Waals surface area contributed by atoms with Gasteiger partial charge in [-0.1, -0.05) is 13.8 Å². The number of allylic oxidation sites excluding steroid dienone is 2. The summed E-state index contributed by atoms with van der Waals surface area (Å²) in [4.78, 5) is 0. The second-order valence-corrected chi connectivity index (χ2v) is 0.385. The molecule has 0 bridgehead atoms. The van der Waals surface area contributed by atoms with E-state index in [1.54, 1.807) is 0 Å². The minimum Gasteiger partial charge on any atom is -0.394 e. The van der Waals surface area contributed by atoms with E-state index in [2.05, 4.69) is 0 Å². The Morgan fingerprint density at radius 3 is 1.00 bits per heavy atom. The standard InChI is InChI=1S/C4H4.C2H6.2Y/c1-3-4-2;1-2;;/h1-4H;1-2H3;;/q-2;;;. The van der Waals surface area contributed by atoms with Crippen molar-refractivity contribution >= 4 is 0 Å². The molecule has 0 saturated carbocycles. The normalized spacial score (nSPS) is 3.25. The van der Waals surface area contributed by atoms with E-state index in [1.165, 1.54) is 12.2 Å². The molecule has 0 aromatic rings. The van der Waals surface area contributed by atoms with Gasteiger partial charge in [0.05, 0.1) is 0 Å². The average Bonchev–Trinajstić information content (AvgIpc) is 1.72. The molecule has 0 saturated heterocycles. The van der Waals surface area contributed by atoms with Gasteiger partial charge in [-0.25, -0.2) is 0 Å². The molecule has 8 heavy (non-hydrogen) atoms. The summed E-state index contributed by atoms with van der Waals surface area (Å²) in [5, 5.41) is 0. The maximum atomic E-state index is 4.72. The van der Waals surface area contributed by atoms with Crippen LogP contribution in [0.25, 0.3) is 0 Å². The van der Waals surface area contributed by atoms with Crippen LogP contribution in [0.2, 0.25) is 0 Å². The molecule has 0 rings (SSSR count). The van der Waals surface area contributed by atoms with E-state index in [-0.39, 0.29) is 65.4 Å². The van der Waals surface area contributed by atoms with Crippen molar-refractivity contribution in [2.45, 2.75) is 13.8 Å². The van der Waals surface area contributed by atoms with E-state index < -0.39 is 0 Å². The van der Waals surface area contributed by atoms with Gasteiger partial charge >= 0.3 is 0 Å². The molecule has 0 aromatic heterocycles. The monoisotopic (exact) mass is 260 g/mol. The Morgan fingerprint density at radius 1 is 0.875 bits per heavy atom. The number of hydrogen-bond acceptors (Lipinski definition) is 0. The van der Waals surface area contributed by atoms with Crippen LogP contribution in [0.3, 0.4) is 0 Å². The minimum absolute atomic E-state index is 0. The summed E-state index contributed by atoms with van der Waals surface area (Å²) in [6.07, 6.45) is 2.56. The summed E-state index contributed by atoms with van der Waals surface area (Å²) in [5.41, 5.74) is 0. The molecule has 2 radical (unpaired) electrons. The van der Waals surface area contributed by atoms with Gasteiger partial charge < -0.3 is 25.3 Å². The molecule has 0 N–H and O–H groups in total. The SMILES string of the molecule is CC.[CH-]=CC=[CH-].[Y].[Y]. The van der Waals surface area contributed by atoms with Crippen molar-refractivity contribution in [3.63, 3.8) is 0 Å². The Hall–Kier alpha value is 1.69. The molecule has 0 aliphatic rings. The number of rotatable bonds is 1. The molecular weight excluding hydrogens is 250 g/mol. The molecule has 42 valence electrons. The van der Waals surface area contributed by atoms with Crippen LogP contribution in [-0.4, -0.2) is 0 Å². The van der Waals surface area contributed by atoms with E-state index in [0.29, 0.717) is 0 Å². The van der Waals surface area contributed by atoms with Crippen LogP contribution in [0.5, 0.6) is 0 Å². The first kappa shape index (κ1) is 22.6. The van der Waals surface area contributed by atoms with Gasteiger partial charge in [-0.15, -0.1) is 0 Å². The molecule has 0 unspecified atom stereocenters. The summed E-state index contributed by atoms with van der Waals surface area (Å²) in [6, 6.07) is 0. The minimum atomic E-state index is 0. The first-order chi connectivity index (χ1) is 2.91. The Balaban J connectivity index is -0.0000000183. The van der Waals surface area contributed by atoms with Crippen molar-refractivity contribution in [3.8, 4) is 0 Å². The molecule has 0 heterocycles. The van der Waals surface area contributed by atoms with E-state index in [4.69, 9.17) is 13.2 Å². The molecule has 0 fully saturated rings. The van der Waals surface area contributed by atoms with Crippen LogP contribution >= 0.6 is 0 Å². The molecule has 0 aromatic carbocycles. The third-order valence-electron chi connectivity index (χ3n) is 0.111. The third kappa shape index (κ3) is 47.6. The molecule has 0 aliphatic carbocycles. The zero-order valence-corrected chi connectivity index (χ0v) is 11.1. The molecule has 0 amide bonds. The fourth-order valence-corrected chi connectivity index (χ4v) is 0. The molecule has 2 heteroatoms. The van der Waals surface area contributed by atoms with Crippen molar-refractivity contribution in [2.75, 3.05) is 0 Å². The van der Waals surface area contributed by atoms with Crippen LogP contribution in [0.1, 0.15) is 13.8 Å². The molecule has 0 atom stereocenters. The fourth-order valence-electron chi connectivity index (χ4n) is 0. The predicted molar refractivity (Wildman–Crippen MR) is 29.1 cm³/mol. The van der Waals surface area contributed by atoms with Gasteiger partial charge in [0.25, 0.3) is 0 Å². The van der Waals surface area contributed by atoms with E-state index in [0.717, 1.165) is 0 Å². The first-order valence-corrected chi connectivity index (χ1v) is 2.00. The predicted octanol–water partition coefficient (Wildman–Crippen LogP) is 1.99. The van der Waals surface area contributed by atoms with Gasteiger partial charge in [0.1, 0.15) is 0 Å². The molecule has 0 nitrogen and oxygen atoms in total. The summed E-state index contributed by atoms with van der Waals surface area (Å²) >= 11 is 0. The van der Waals surface area contributed by atoms with Crippen LogP contribution in [0.4, 0.5) is 0 Å². The first-order valence-electron chi connectivity index (χ1n) is 2.00. The zero-order valence-electron chi connectivity index (χ0n) is 5.46. The Morgan fingerprint density at radius 2 is 1.00 bits per heavy atom.